The summed E-state index contributed by atoms with van der Waals surface area (Å²) in [5.41, 5.74) is 0.869. The Morgan fingerprint density at radius 3 is 2.10 bits per heavy atom. The molecular weight excluding hydrogens is 293 g/mol. The molecule has 0 heterocycles. The summed E-state index contributed by atoms with van der Waals surface area (Å²) in [6.45, 7) is 1.79. The van der Waals surface area contributed by atoms with Crippen molar-refractivity contribution >= 4 is 10.1 Å². The van der Waals surface area contributed by atoms with E-state index in [9.17, 15) is 21.6 Å². The van der Waals surface area contributed by atoms with Crippen LogP contribution in [0.25, 0.3) is 0 Å². The van der Waals surface area contributed by atoms with Crippen LogP contribution in [0.3, 0.4) is 0 Å². The predicted molar refractivity (Wildman–Crippen MR) is 65.3 cm³/mol. The highest BCUT2D eigenvalue weighted by molar-refractivity contribution is 7.87. The molecule has 2 aromatic rings. The molecule has 0 aliphatic heterocycles. The van der Waals surface area contributed by atoms with Crippen molar-refractivity contribution < 1.29 is 25.8 Å². The lowest BCUT2D eigenvalue weighted by molar-refractivity contribution is 0.423. The fourth-order valence-electron chi connectivity index (χ4n) is 1.47. The number of benzene rings is 2. The van der Waals surface area contributed by atoms with Crippen LogP contribution in [0.15, 0.2) is 41.3 Å². The van der Waals surface area contributed by atoms with Crippen LogP contribution in [0, 0.1) is 24.4 Å². The van der Waals surface area contributed by atoms with Crippen LogP contribution >= 0.6 is 0 Å². The number of hydrogen-bond donors (Lipinski definition) is 0. The quantitative estimate of drug-likeness (QED) is 0.646. The summed E-state index contributed by atoms with van der Waals surface area (Å²) in [6.07, 6.45) is 0. The number of halogens is 3. The Balaban J connectivity index is 2.41. The molecule has 0 aliphatic carbocycles. The lowest BCUT2D eigenvalue weighted by atomic mass is 10.2. The third-order valence-corrected chi connectivity index (χ3v) is 3.76. The van der Waals surface area contributed by atoms with Crippen molar-refractivity contribution in [1.29, 1.82) is 0 Å². The second-order valence-corrected chi connectivity index (χ2v) is 5.54. The van der Waals surface area contributed by atoms with E-state index in [2.05, 4.69) is 4.18 Å². The zero-order valence-electron chi connectivity index (χ0n) is 10.2. The van der Waals surface area contributed by atoms with Gasteiger partial charge in [0.2, 0.25) is 0 Å². The first-order chi connectivity index (χ1) is 9.31. The Bertz CT molecular complexity index is 740. The Labute approximate surface area is 113 Å². The minimum absolute atomic E-state index is 0.0558. The Hall–Kier alpha value is -2.02. The van der Waals surface area contributed by atoms with Gasteiger partial charge in [-0.05, 0) is 31.2 Å². The van der Waals surface area contributed by atoms with Crippen LogP contribution in [0.4, 0.5) is 13.2 Å². The largest absolute Gasteiger partial charge is 0.379 e. The van der Waals surface area contributed by atoms with E-state index in [1.165, 1.54) is 12.1 Å². The first kappa shape index (κ1) is 14.4. The standard InChI is InChI=1S/C13H9F3O3S/c1-8-2-4-9(5-3-8)19-20(17,18)11-7-6-10(14)12(15)13(11)16/h2-7H,1H3. The van der Waals surface area contributed by atoms with Gasteiger partial charge in [-0.1, -0.05) is 17.7 Å². The summed E-state index contributed by atoms with van der Waals surface area (Å²) in [6, 6.07) is 7.04. The molecule has 0 radical (unpaired) electrons. The Morgan fingerprint density at radius 2 is 1.50 bits per heavy atom. The van der Waals surface area contributed by atoms with Crippen LogP contribution in [-0.4, -0.2) is 8.42 Å². The predicted octanol–water partition coefficient (Wildman–Crippen LogP) is 3.18. The highest BCUT2D eigenvalue weighted by atomic mass is 32.2. The molecule has 0 saturated heterocycles. The maximum atomic E-state index is 13.5. The van der Waals surface area contributed by atoms with E-state index < -0.39 is 32.5 Å². The van der Waals surface area contributed by atoms with Crippen molar-refractivity contribution in [2.75, 3.05) is 0 Å². The van der Waals surface area contributed by atoms with E-state index in [1.807, 2.05) is 0 Å². The summed E-state index contributed by atoms with van der Waals surface area (Å²) in [5.74, 6) is -5.20. The average Bonchev–Trinajstić information content (AvgIpc) is 2.38. The zero-order chi connectivity index (χ0) is 14.9. The molecule has 0 atom stereocenters. The van der Waals surface area contributed by atoms with Crippen molar-refractivity contribution in [1.82, 2.24) is 0 Å². The molecule has 0 saturated carbocycles. The van der Waals surface area contributed by atoms with Gasteiger partial charge < -0.3 is 4.18 Å². The van der Waals surface area contributed by atoms with Crippen LogP contribution < -0.4 is 4.18 Å². The van der Waals surface area contributed by atoms with Crippen molar-refractivity contribution in [3.05, 3.63) is 59.4 Å². The van der Waals surface area contributed by atoms with Gasteiger partial charge in [-0.25, -0.2) is 13.2 Å². The molecule has 20 heavy (non-hydrogen) atoms. The minimum atomic E-state index is -4.58. The molecule has 7 heteroatoms. The van der Waals surface area contributed by atoms with Gasteiger partial charge in [0.1, 0.15) is 10.6 Å². The van der Waals surface area contributed by atoms with Gasteiger partial charge in [0.05, 0.1) is 0 Å². The molecule has 2 aromatic carbocycles. The van der Waals surface area contributed by atoms with Gasteiger partial charge in [-0.15, -0.1) is 0 Å². The Kier molecular flexibility index (Phi) is 3.71. The summed E-state index contributed by atoms with van der Waals surface area (Å²) >= 11 is 0. The van der Waals surface area contributed by atoms with Gasteiger partial charge in [-0.3, -0.25) is 0 Å². The van der Waals surface area contributed by atoms with E-state index >= 15 is 0 Å². The second kappa shape index (κ2) is 5.16. The lowest BCUT2D eigenvalue weighted by Gasteiger charge is -2.08. The van der Waals surface area contributed by atoms with Crippen LogP contribution in [0.5, 0.6) is 5.75 Å². The van der Waals surface area contributed by atoms with Gasteiger partial charge in [-0.2, -0.15) is 8.42 Å². The van der Waals surface area contributed by atoms with E-state index in [4.69, 9.17) is 0 Å². The molecule has 0 amide bonds. The topological polar surface area (TPSA) is 43.4 Å². The maximum Gasteiger partial charge on any atom is 0.342 e. The third kappa shape index (κ3) is 2.77. The van der Waals surface area contributed by atoms with Gasteiger partial charge in [0.25, 0.3) is 0 Å². The SMILES string of the molecule is Cc1ccc(OS(=O)(=O)c2ccc(F)c(F)c2F)cc1. The van der Waals surface area contributed by atoms with E-state index in [0.29, 0.717) is 12.1 Å². The van der Waals surface area contributed by atoms with Gasteiger partial charge in [0, 0.05) is 0 Å². The maximum absolute atomic E-state index is 13.5. The molecular formula is C13H9F3O3S. The fraction of sp³-hybridized carbons (Fsp3) is 0.0769. The average molecular weight is 302 g/mol. The van der Waals surface area contributed by atoms with Gasteiger partial charge >= 0.3 is 10.1 Å². The summed E-state index contributed by atoms with van der Waals surface area (Å²) in [4.78, 5) is -1.06. The van der Waals surface area contributed by atoms with Crippen LogP contribution in [-0.2, 0) is 10.1 Å². The molecule has 0 aromatic heterocycles. The number of hydrogen-bond acceptors (Lipinski definition) is 3. The van der Waals surface area contributed by atoms with Crippen LogP contribution in [0.2, 0.25) is 0 Å². The van der Waals surface area contributed by atoms with Crippen molar-refractivity contribution in [2.45, 2.75) is 11.8 Å². The van der Waals surface area contributed by atoms with Crippen molar-refractivity contribution in [2.24, 2.45) is 0 Å². The molecule has 0 N–H and O–H groups in total. The molecule has 3 nitrogen and oxygen atoms in total. The van der Waals surface area contributed by atoms with Crippen LogP contribution in [0.1, 0.15) is 5.56 Å². The molecule has 0 fully saturated rings. The summed E-state index contributed by atoms with van der Waals surface area (Å²) in [7, 11) is -4.58. The van der Waals surface area contributed by atoms with E-state index in [0.717, 1.165) is 5.56 Å². The first-order valence-corrected chi connectivity index (χ1v) is 6.87. The molecule has 0 aliphatic rings. The monoisotopic (exact) mass is 302 g/mol. The first-order valence-electron chi connectivity index (χ1n) is 5.46. The van der Waals surface area contributed by atoms with E-state index in [1.54, 1.807) is 19.1 Å². The Morgan fingerprint density at radius 1 is 0.900 bits per heavy atom. The van der Waals surface area contributed by atoms with Crippen molar-refractivity contribution in [3.8, 4) is 5.75 Å². The summed E-state index contributed by atoms with van der Waals surface area (Å²) < 4.78 is 67.6. The second-order valence-electron chi connectivity index (χ2n) is 4.02. The highest BCUT2D eigenvalue weighted by Crippen LogP contribution is 2.23. The molecule has 0 spiro atoms. The lowest BCUT2D eigenvalue weighted by Crippen LogP contribution is -2.13. The third-order valence-electron chi connectivity index (χ3n) is 2.50. The molecule has 2 rings (SSSR count). The normalized spacial score (nSPS) is 11.4. The molecule has 0 bridgehead atoms. The zero-order valence-corrected chi connectivity index (χ0v) is 11.0. The highest BCUT2D eigenvalue weighted by Gasteiger charge is 2.25. The molecule has 0 unspecified atom stereocenters. The fourth-order valence-corrected chi connectivity index (χ4v) is 2.46. The number of aryl methyl sites for hydroxylation is 1. The van der Waals surface area contributed by atoms with E-state index in [-0.39, 0.29) is 5.75 Å². The summed E-state index contributed by atoms with van der Waals surface area (Å²) in [5, 5.41) is 0. The minimum Gasteiger partial charge on any atom is -0.379 e. The molecule has 106 valence electrons. The number of rotatable bonds is 3. The van der Waals surface area contributed by atoms with Crippen molar-refractivity contribution in [3.63, 3.8) is 0 Å². The smallest absolute Gasteiger partial charge is 0.342 e. The van der Waals surface area contributed by atoms with Gasteiger partial charge in [0.15, 0.2) is 17.5 Å².